The first-order chi connectivity index (χ1) is 15.3. The number of aromatic amines is 1. The molecule has 168 valence electrons. The third-order valence-corrected chi connectivity index (χ3v) is 7.48. The van der Waals surface area contributed by atoms with Gasteiger partial charge in [-0.2, -0.15) is 0 Å². The number of nitrogens with zero attached hydrogens (tertiary/aromatic N) is 2. The second-order valence-corrected chi connectivity index (χ2v) is 9.88. The van der Waals surface area contributed by atoms with Gasteiger partial charge in [-0.15, -0.1) is 11.3 Å². The Morgan fingerprint density at radius 3 is 2.88 bits per heavy atom. The van der Waals surface area contributed by atoms with E-state index >= 15 is 0 Å². The van der Waals surface area contributed by atoms with Crippen molar-refractivity contribution in [2.45, 2.75) is 44.1 Å². The van der Waals surface area contributed by atoms with Crippen LogP contribution in [0.25, 0.3) is 11.0 Å². The van der Waals surface area contributed by atoms with E-state index < -0.39 is 12.5 Å². The van der Waals surface area contributed by atoms with Crippen LogP contribution in [0.2, 0.25) is 0 Å². The normalized spacial score (nSPS) is 22.8. The fourth-order valence-corrected chi connectivity index (χ4v) is 5.31. The second-order valence-electron chi connectivity index (χ2n) is 8.77. The summed E-state index contributed by atoms with van der Waals surface area (Å²) in [5.41, 5.74) is 1.94. The van der Waals surface area contributed by atoms with E-state index in [-0.39, 0.29) is 42.7 Å². The lowest BCUT2D eigenvalue weighted by Crippen LogP contribution is -2.30. The number of likely N-dealkylation sites (tertiary alicyclic amines) is 1. The van der Waals surface area contributed by atoms with Crippen molar-refractivity contribution < 1.29 is 18.4 Å². The summed E-state index contributed by atoms with van der Waals surface area (Å²) in [6, 6.07) is 11.1. The van der Waals surface area contributed by atoms with Gasteiger partial charge in [0.05, 0.1) is 28.5 Å². The molecule has 1 aliphatic heterocycles. The molecule has 3 aromatic rings. The molecule has 3 heterocycles. The maximum atomic E-state index is 13.4. The molecule has 6 nitrogen and oxygen atoms in total. The summed E-state index contributed by atoms with van der Waals surface area (Å²) < 4.78 is 26.8. The molecule has 1 aromatic carbocycles. The highest BCUT2D eigenvalue weighted by atomic mass is 32.1. The summed E-state index contributed by atoms with van der Waals surface area (Å²) in [6.45, 7) is 1.41. The molecule has 2 aromatic heterocycles. The van der Waals surface area contributed by atoms with Crippen LogP contribution in [0.4, 0.5) is 8.78 Å². The van der Waals surface area contributed by atoms with E-state index in [4.69, 9.17) is 0 Å². The van der Waals surface area contributed by atoms with Crippen molar-refractivity contribution in [3.8, 4) is 0 Å². The molecule has 1 saturated carbocycles. The van der Waals surface area contributed by atoms with Gasteiger partial charge in [-0.1, -0.05) is 12.1 Å². The fourth-order valence-electron chi connectivity index (χ4n) is 4.33. The molecule has 0 bridgehead atoms. The molecule has 9 heteroatoms. The van der Waals surface area contributed by atoms with Crippen LogP contribution in [0.5, 0.6) is 0 Å². The number of rotatable bonds is 6. The number of benzene rings is 1. The quantitative estimate of drug-likeness (QED) is 0.572. The number of aromatic nitrogens is 2. The highest BCUT2D eigenvalue weighted by Gasteiger charge is 2.42. The maximum absolute atomic E-state index is 13.4. The molecular weight excluding hydrogens is 434 g/mol. The van der Waals surface area contributed by atoms with Crippen LogP contribution in [0, 0.1) is 5.92 Å². The third-order valence-electron chi connectivity index (χ3n) is 6.23. The zero-order valence-corrected chi connectivity index (χ0v) is 18.4. The van der Waals surface area contributed by atoms with Crippen LogP contribution in [0.3, 0.4) is 0 Å². The third kappa shape index (κ3) is 4.26. The van der Waals surface area contributed by atoms with Gasteiger partial charge in [0.15, 0.2) is 0 Å². The molecule has 0 unspecified atom stereocenters. The van der Waals surface area contributed by atoms with Gasteiger partial charge in [0.1, 0.15) is 5.82 Å². The van der Waals surface area contributed by atoms with E-state index in [0.717, 1.165) is 28.2 Å². The number of para-hydroxylation sites is 2. The number of H-pyrrole nitrogens is 1. The zero-order valence-electron chi connectivity index (χ0n) is 17.6. The van der Waals surface area contributed by atoms with E-state index in [1.165, 1.54) is 16.2 Å². The van der Waals surface area contributed by atoms with Crippen molar-refractivity contribution in [2.24, 2.45) is 5.92 Å². The summed E-state index contributed by atoms with van der Waals surface area (Å²) >= 11 is 1.25. The molecule has 3 atom stereocenters. The van der Waals surface area contributed by atoms with Crippen molar-refractivity contribution in [2.75, 3.05) is 13.1 Å². The Kier molecular flexibility index (Phi) is 5.23. The SMILES string of the molecule is C[C@@H](NC(=O)C[C@H]1C[C@H]1c1nc2ccccc2[nH]1)c1ccc(C(=O)N2CCC(F)(F)C2)s1. The lowest BCUT2D eigenvalue weighted by molar-refractivity contribution is -0.122. The first-order valence-corrected chi connectivity index (χ1v) is 11.6. The molecule has 1 saturated heterocycles. The average Bonchev–Trinajstić information content (AvgIpc) is 3.14. The number of hydrogen-bond acceptors (Lipinski definition) is 4. The largest absolute Gasteiger partial charge is 0.349 e. The zero-order chi connectivity index (χ0) is 22.5. The predicted molar refractivity (Wildman–Crippen MR) is 118 cm³/mol. The van der Waals surface area contributed by atoms with Gasteiger partial charge in [-0.05, 0) is 43.5 Å². The smallest absolute Gasteiger partial charge is 0.267 e. The van der Waals surface area contributed by atoms with Crippen LogP contribution >= 0.6 is 11.3 Å². The van der Waals surface area contributed by atoms with E-state index in [1.54, 1.807) is 12.1 Å². The Balaban J connectivity index is 1.14. The first kappa shape index (κ1) is 21.1. The van der Waals surface area contributed by atoms with E-state index in [0.29, 0.717) is 11.3 Å². The minimum atomic E-state index is -2.81. The minimum Gasteiger partial charge on any atom is -0.349 e. The Labute approximate surface area is 188 Å². The van der Waals surface area contributed by atoms with Gasteiger partial charge in [0.25, 0.3) is 11.8 Å². The first-order valence-electron chi connectivity index (χ1n) is 10.8. The Bertz CT molecular complexity index is 1140. The number of halogens is 2. The molecule has 2 aliphatic rings. The van der Waals surface area contributed by atoms with Gasteiger partial charge >= 0.3 is 0 Å². The number of nitrogens with one attached hydrogen (secondary N) is 2. The molecule has 2 amide bonds. The highest BCUT2D eigenvalue weighted by Crippen LogP contribution is 2.48. The van der Waals surface area contributed by atoms with Gasteiger partial charge in [-0.3, -0.25) is 9.59 Å². The van der Waals surface area contributed by atoms with E-state index in [1.807, 2.05) is 31.2 Å². The number of thiophene rings is 1. The van der Waals surface area contributed by atoms with Crippen LogP contribution in [-0.2, 0) is 4.79 Å². The van der Waals surface area contributed by atoms with Crippen molar-refractivity contribution in [3.05, 3.63) is 52.0 Å². The highest BCUT2D eigenvalue weighted by molar-refractivity contribution is 7.14. The molecule has 0 radical (unpaired) electrons. The number of alkyl halides is 2. The second kappa shape index (κ2) is 7.95. The van der Waals surface area contributed by atoms with E-state index in [2.05, 4.69) is 15.3 Å². The Morgan fingerprint density at radius 2 is 2.12 bits per heavy atom. The summed E-state index contributed by atoms with van der Waals surface area (Å²) in [4.78, 5) is 35.5. The summed E-state index contributed by atoms with van der Waals surface area (Å²) in [5.74, 6) is -1.75. The van der Waals surface area contributed by atoms with Crippen molar-refractivity contribution >= 4 is 34.2 Å². The molecule has 32 heavy (non-hydrogen) atoms. The lowest BCUT2D eigenvalue weighted by Gasteiger charge is -2.15. The molecular formula is C23H24F2N4O2S. The van der Waals surface area contributed by atoms with Crippen molar-refractivity contribution in [1.29, 1.82) is 0 Å². The van der Waals surface area contributed by atoms with Crippen molar-refractivity contribution in [1.82, 2.24) is 20.2 Å². The predicted octanol–water partition coefficient (Wildman–Crippen LogP) is 4.48. The number of hydrogen-bond donors (Lipinski definition) is 2. The van der Waals surface area contributed by atoms with Crippen LogP contribution in [0.1, 0.15) is 58.5 Å². The molecule has 2 fully saturated rings. The number of imidazole rings is 1. The van der Waals surface area contributed by atoms with E-state index in [9.17, 15) is 18.4 Å². The maximum Gasteiger partial charge on any atom is 0.267 e. The van der Waals surface area contributed by atoms with Gasteiger partial charge in [0, 0.05) is 30.2 Å². The molecule has 2 N–H and O–H groups in total. The minimum absolute atomic E-state index is 0.0402. The van der Waals surface area contributed by atoms with Crippen molar-refractivity contribution in [3.63, 3.8) is 0 Å². The Morgan fingerprint density at radius 1 is 1.31 bits per heavy atom. The monoisotopic (exact) mass is 458 g/mol. The number of fused-ring (bicyclic) bond motifs is 1. The summed E-state index contributed by atoms with van der Waals surface area (Å²) in [5, 5.41) is 3.00. The fraction of sp³-hybridized carbons (Fsp3) is 0.435. The standard InChI is InChI=1S/C23H24F2N4O2S/c1-13(18-6-7-19(32-18)22(31)29-9-8-23(24,25)12-29)26-20(30)11-14-10-15(14)21-27-16-4-2-3-5-17(16)28-21/h2-7,13-15H,8-12H2,1H3,(H,26,30)(H,27,28)/t13-,14-,15-/m1/s1. The number of carbonyl (C=O) groups is 2. The topological polar surface area (TPSA) is 78.1 Å². The Hall–Kier alpha value is -2.81. The summed E-state index contributed by atoms with van der Waals surface area (Å²) in [6.07, 6.45) is 1.06. The molecule has 0 spiro atoms. The lowest BCUT2D eigenvalue weighted by atomic mass is 10.2. The molecule has 5 rings (SSSR count). The van der Waals surface area contributed by atoms with Gasteiger partial charge in [-0.25, -0.2) is 13.8 Å². The average molecular weight is 459 g/mol. The number of carbonyl (C=O) groups excluding carboxylic acids is 2. The van der Waals surface area contributed by atoms with Crippen LogP contribution in [-0.4, -0.2) is 45.7 Å². The molecule has 1 aliphatic carbocycles. The van der Waals surface area contributed by atoms with Gasteiger partial charge in [0.2, 0.25) is 5.91 Å². The number of amides is 2. The van der Waals surface area contributed by atoms with Gasteiger partial charge < -0.3 is 15.2 Å². The van der Waals surface area contributed by atoms with Crippen LogP contribution in [0.15, 0.2) is 36.4 Å². The van der Waals surface area contributed by atoms with Crippen LogP contribution < -0.4 is 5.32 Å². The summed E-state index contributed by atoms with van der Waals surface area (Å²) in [7, 11) is 0.